The number of hydrogen-bond donors (Lipinski definition) is 1. The Hall–Kier alpha value is -2.11. The van der Waals surface area contributed by atoms with E-state index in [0.717, 1.165) is 32.9 Å². The van der Waals surface area contributed by atoms with Crippen LogP contribution in [0.1, 0.15) is 36.8 Å². The monoisotopic (exact) mass is 396 g/mol. The number of anilines is 1. The Bertz CT molecular complexity index is 1070. The molecule has 0 atom stereocenters. The number of nitrogens with zero attached hydrogens (tertiary/aromatic N) is 1. The van der Waals surface area contributed by atoms with Crippen molar-refractivity contribution in [2.75, 3.05) is 11.9 Å². The molecule has 0 bridgehead atoms. The number of hydrogen-bond acceptors (Lipinski definition) is 4. The van der Waals surface area contributed by atoms with Gasteiger partial charge in [-0.25, -0.2) is 0 Å². The molecule has 0 unspecified atom stereocenters. The maximum Gasteiger partial charge on any atom is 0.129 e. The first-order valence-electron chi connectivity index (χ1n) is 9.21. The lowest BCUT2D eigenvalue weighted by atomic mass is 9.89. The van der Waals surface area contributed by atoms with Crippen LogP contribution in [0.15, 0.2) is 36.4 Å². The highest BCUT2D eigenvalue weighted by atomic mass is 32.1. The van der Waals surface area contributed by atoms with E-state index in [1.54, 1.807) is 11.5 Å². The summed E-state index contributed by atoms with van der Waals surface area (Å²) in [6.07, 6.45) is 0. The van der Waals surface area contributed by atoms with Crippen LogP contribution < -0.4 is 10.1 Å². The SMILES string of the molecule is CCOc1ccc2c(c1)-c1c(sn(-c3cc(C)cc(C)c3)c1=S)C(C)(C)N2. The summed E-state index contributed by atoms with van der Waals surface area (Å²) in [5, 5.41) is 3.67. The third-order valence-electron chi connectivity index (χ3n) is 4.84. The first kappa shape index (κ1) is 18.3. The molecule has 0 amide bonds. The molecule has 3 aromatic rings. The molecule has 1 N–H and O–H groups in total. The van der Waals surface area contributed by atoms with Gasteiger partial charge < -0.3 is 10.1 Å². The van der Waals surface area contributed by atoms with Crippen LogP contribution in [-0.2, 0) is 5.54 Å². The molecule has 5 heteroatoms. The van der Waals surface area contributed by atoms with Crippen LogP contribution >= 0.6 is 23.8 Å². The fraction of sp³-hybridized carbons (Fsp3) is 0.318. The number of ether oxygens (including phenoxy) is 1. The standard InChI is InChI=1S/C22H24N2OS2/c1-6-25-16-7-8-18-17(12-16)19-20(22(4,5)23-18)27-24(21(19)26)15-10-13(2)9-14(3)11-15/h7-12,23H,6H2,1-5H3. The first-order valence-corrected chi connectivity index (χ1v) is 10.4. The summed E-state index contributed by atoms with van der Waals surface area (Å²) in [4.78, 5) is 1.26. The molecule has 0 fully saturated rings. The normalized spacial score (nSPS) is 14.3. The van der Waals surface area contributed by atoms with Gasteiger partial charge in [-0.05, 0) is 76.1 Å². The molecule has 3 nitrogen and oxygen atoms in total. The zero-order chi connectivity index (χ0) is 19.3. The maximum atomic E-state index is 5.97. The van der Waals surface area contributed by atoms with Gasteiger partial charge in [0.05, 0.1) is 22.7 Å². The molecule has 1 aliphatic heterocycles. The minimum Gasteiger partial charge on any atom is -0.494 e. The highest BCUT2D eigenvalue weighted by Crippen LogP contribution is 2.48. The predicted molar refractivity (Wildman–Crippen MR) is 117 cm³/mol. The van der Waals surface area contributed by atoms with Gasteiger partial charge in [-0.3, -0.25) is 3.96 Å². The Labute approximate surface area is 169 Å². The topological polar surface area (TPSA) is 26.2 Å². The second-order valence-electron chi connectivity index (χ2n) is 7.63. The van der Waals surface area contributed by atoms with Crippen LogP contribution in [0.3, 0.4) is 0 Å². The Morgan fingerprint density at radius 2 is 1.81 bits per heavy atom. The van der Waals surface area contributed by atoms with Gasteiger partial charge in [-0.15, -0.1) is 0 Å². The van der Waals surface area contributed by atoms with Crippen molar-refractivity contribution in [3.63, 3.8) is 0 Å². The molecule has 1 aliphatic rings. The lowest BCUT2D eigenvalue weighted by Gasteiger charge is -2.33. The van der Waals surface area contributed by atoms with Crippen molar-refractivity contribution in [3.8, 4) is 22.6 Å². The zero-order valence-corrected chi connectivity index (χ0v) is 18.0. The van der Waals surface area contributed by atoms with Gasteiger partial charge in [0, 0.05) is 16.8 Å². The molecular weight excluding hydrogens is 372 g/mol. The number of nitrogens with one attached hydrogen (secondary N) is 1. The van der Waals surface area contributed by atoms with Crippen molar-refractivity contribution >= 4 is 29.4 Å². The number of rotatable bonds is 3. The number of aryl methyl sites for hydroxylation is 2. The quantitative estimate of drug-likeness (QED) is 0.504. The Morgan fingerprint density at radius 1 is 1.11 bits per heavy atom. The van der Waals surface area contributed by atoms with Gasteiger partial charge >= 0.3 is 0 Å². The van der Waals surface area contributed by atoms with Crippen molar-refractivity contribution in [1.29, 1.82) is 0 Å². The Morgan fingerprint density at radius 3 is 2.48 bits per heavy atom. The van der Waals surface area contributed by atoms with Crippen molar-refractivity contribution in [2.45, 2.75) is 40.2 Å². The second-order valence-corrected chi connectivity index (χ2v) is 8.97. The fourth-order valence-electron chi connectivity index (χ4n) is 3.77. The predicted octanol–water partition coefficient (Wildman–Crippen LogP) is 6.61. The van der Waals surface area contributed by atoms with E-state index in [-0.39, 0.29) is 5.54 Å². The smallest absolute Gasteiger partial charge is 0.129 e. The van der Waals surface area contributed by atoms with Gasteiger partial charge in [-0.1, -0.05) is 29.8 Å². The molecule has 2 heterocycles. The molecule has 2 aromatic carbocycles. The number of fused-ring (bicyclic) bond motifs is 3. The van der Waals surface area contributed by atoms with E-state index in [9.17, 15) is 0 Å². The summed E-state index contributed by atoms with van der Waals surface area (Å²) in [7, 11) is 0. The van der Waals surface area contributed by atoms with Crippen molar-refractivity contribution in [2.24, 2.45) is 0 Å². The van der Waals surface area contributed by atoms with E-state index in [1.165, 1.54) is 16.0 Å². The molecule has 0 saturated carbocycles. The highest BCUT2D eigenvalue weighted by molar-refractivity contribution is 7.71. The third kappa shape index (κ3) is 3.09. The minimum atomic E-state index is -0.183. The highest BCUT2D eigenvalue weighted by Gasteiger charge is 2.34. The number of benzene rings is 2. The van der Waals surface area contributed by atoms with Crippen LogP contribution in [0.5, 0.6) is 5.75 Å². The van der Waals surface area contributed by atoms with Gasteiger partial charge in [0.25, 0.3) is 0 Å². The molecule has 140 valence electrons. The fourth-order valence-corrected chi connectivity index (χ4v) is 5.41. The molecule has 27 heavy (non-hydrogen) atoms. The van der Waals surface area contributed by atoms with Gasteiger partial charge in [0.1, 0.15) is 10.4 Å². The zero-order valence-electron chi connectivity index (χ0n) is 16.3. The molecule has 1 aromatic heterocycles. The van der Waals surface area contributed by atoms with E-state index in [1.807, 2.05) is 13.0 Å². The van der Waals surface area contributed by atoms with E-state index >= 15 is 0 Å². The second kappa shape index (κ2) is 6.50. The average Bonchev–Trinajstić information content (AvgIpc) is 2.94. The average molecular weight is 397 g/mol. The molecule has 0 spiro atoms. The van der Waals surface area contributed by atoms with E-state index in [4.69, 9.17) is 17.0 Å². The lowest BCUT2D eigenvalue weighted by molar-refractivity contribution is 0.340. The van der Waals surface area contributed by atoms with Gasteiger partial charge in [0.2, 0.25) is 0 Å². The van der Waals surface area contributed by atoms with Crippen molar-refractivity contribution in [1.82, 2.24) is 3.96 Å². The largest absolute Gasteiger partial charge is 0.494 e. The van der Waals surface area contributed by atoms with E-state index < -0.39 is 0 Å². The summed E-state index contributed by atoms with van der Waals surface area (Å²) in [6.45, 7) is 11.3. The molecule has 4 rings (SSSR count). The summed E-state index contributed by atoms with van der Waals surface area (Å²) >= 11 is 7.70. The summed E-state index contributed by atoms with van der Waals surface area (Å²) in [6, 6.07) is 12.8. The summed E-state index contributed by atoms with van der Waals surface area (Å²) < 4.78 is 8.79. The van der Waals surface area contributed by atoms with Crippen molar-refractivity contribution in [3.05, 3.63) is 57.0 Å². The number of aromatic nitrogens is 1. The van der Waals surface area contributed by atoms with E-state index in [2.05, 4.69) is 67.3 Å². The van der Waals surface area contributed by atoms with Crippen LogP contribution in [0.25, 0.3) is 16.8 Å². The third-order valence-corrected chi connectivity index (χ3v) is 6.81. The van der Waals surface area contributed by atoms with Crippen LogP contribution in [0.4, 0.5) is 5.69 Å². The van der Waals surface area contributed by atoms with E-state index in [0.29, 0.717) is 6.61 Å². The Kier molecular flexibility index (Phi) is 4.40. The molecule has 0 saturated heterocycles. The van der Waals surface area contributed by atoms with Gasteiger partial charge in [0.15, 0.2) is 0 Å². The summed E-state index contributed by atoms with van der Waals surface area (Å²) in [5.41, 5.74) is 6.82. The molecular formula is C22H24N2OS2. The molecule has 0 aliphatic carbocycles. The minimum absolute atomic E-state index is 0.183. The summed E-state index contributed by atoms with van der Waals surface area (Å²) in [5.74, 6) is 0.877. The molecule has 0 radical (unpaired) electrons. The first-order chi connectivity index (χ1) is 12.8. The maximum absolute atomic E-state index is 5.97. The van der Waals surface area contributed by atoms with Gasteiger partial charge in [-0.2, -0.15) is 0 Å². The van der Waals surface area contributed by atoms with Crippen LogP contribution in [0, 0.1) is 18.5 Å². The van der Waals surface area contributed by atoms with Crippen LogP contribution in [0.2, 0.25) is 0 Å². The van der Waals surface area contributed by atoms with Crippen LogP contribution in [-0.4, -0.2) is 10.6 Å². The Balaban J connectivity index is 1.98. The lowest BCUT2D eigenvalue weighted by Crippen LogP contribution is -2.30. The van der Waals surface area contributed by atoms with Crippen molar-refractivity contribution < 1.29 is 4.74 Å².